The van der Waals surface area contributed by atoms with Crippen LogP contribution in [0.3, 0.4) is 0 Å². The molecule has 8 nitrogen and oxygen atoms in total. The van der Waals surface area contributed by atoms with Gasteiger partial charge in [0, 0.05) is 0 Å². The number of hydrogen-bond donors (Lipinski definition) is 3. The van der Waals surface area contributed by atoms with E-state index in [1.807, 2.05) is 0 Å². The van der Waals surface area contributed by atoms with E-state index in [0.717, 1.165) is 0 Å². The molecule has 0 aromatic rings. The third kappa shape index (κ3) is 2.72. The molecule has 0 saturated carbocycles. The van der Waals surface area contributed by atoms with Crippen LogP contribution in [-0.4, -0.2) is 46.5 Å². The van der Waals surface area contributed by atoms with E-state index < -0.39 is 39.0 Å². The predicted molar refractivity (Wildman–Crippen MR) is 36.5 cm³/mol. The van der Waals surface area contributed by atoms with Crippen LogP contribution in [0.4, 0.5) is 0 Å². The Morgan fingerprint density at radius 3 is 2.29 bits per heavy atom. The highest BCUT2D eigenvalue weighted by Gasteiger charge is 2.43. The molecule has 1 saturated heterocycles. The number of aliphatic hydroxyl groups is 3. The summed E-state index contributed by atoms with van der Waals surface area (Å²) in [6, 6.07) is 0. The van der Waals surface area contributed by atoms with Crippen molar-refractivity contribution in [3.63, 3.8) is 0 Å². The van der Waals surface area contributed by atoms with Crippen molar-refractivity contribution < 1.29 is 38.9 Å². The Morgan fingerprint density at radius 2 is 1.93 bits per heavy atom. The van der Waals surface area contributed by atoms with Gasteiger partial charge in [-0.15, -0.1) is 0 Å². The van der Waals surface area contributed by atoms with Gasteiger partial charge in [0.15, 0.2) is 6.29 Å². The zero-order valence-electron chi connectivity index (χ0n) is 6.85. The van der Waals surface area contributed by atoms with Crippen molar-refractivity contribution in [2.24, 2.45) is 0 Å². The van der Waals surface area contributed by atoms with Crippen LogP contribution in [0.25, 0.3) is 0 Å². The Bertz CT molecular complexity index is 238. The number of ether oxygens (including phenoxy) is 1. The van der Waals surface area contributed by atoms with Crippen molar-refractivity contribution in [3.8, 4) is 0 Å². The summed E-state index contributed by atoms with van der Waals surface area (Å²) in [5, 5.41) is 26.8. The van der Waals surface area contributed by atoms with Gasteiger partial charge in [0.1, 0.15) is 18.3 Å². The van der Waals surface area contributed by atoms with Crippen molar-refractivity contribution in [1.82, 2.24) is 0 Å². The Labute approximate surface area is 78.9 Å². The van der Waals surface area contributed by atoms with Crippen molar-refractivity contribution in [3.05, 3.63) is 0 Å². The maximum Gasteiger partial charge on any atom is 0.191 e. The van der Waals surface area contributed by atoms with Gasteiger partial charge in [0.05, 0.1) is 14.4 Å². The molecule has 84 valence electrons. The van der Waals surface area contributed by atoms with E-state index in [4.69, 9.17) is 15.3 Å². The van der Waals surface area contributed by atoms with Crippen LogP contribution >= 0.6 is 7.82 Å². The summed E-state index contributed by atoms with van der Waals surface area (Å²) in [4.78, 5) is 20.3. The molecule has 1 aliphatic rings. The number of hydrogen-bond acceptors (Lipinski definition) is 8. The van der Waals surface area contributed by atoms with Crippen LogP contribution in [0, 0.1) is 0 Å². The topological polar surface area (TPSA) is 142 Å². The first-order valence-corrected chi connectivity index (χ1v) is 5.14. The normalized spacial score (nSPS) is 38.9. The van der Waals surface area contributed by atoms with Gasteiger partial charge in [-0.05, 0) is 0 Å². The molecule has 14 heavy (non-hydrogen) atoms. The van der Waals surface area contributed by atoms with Gasteiger partial charge in [-0.3, -0.25) is 0 Å². The molecule has 9 heteroatoms. The van der Waals surface area contributed by atoms with Crippen LogP contribution in [-0.2, 0) is 13.8 Å². The predicted octanol–water partition coefficient (Wildman–Crippen LogP) is -3.73. The second-order valence-corrected chi connectivity index (χ2v) is 3.86. The van der Waals surface area contributed by atoms with E-state index in [0.29, 0.717) is 0 Å². The van der Waals surface area contributed by atoms with Crippen molar-refractivity contribution in [2.45, 2.75) is 24.6 Å². The monoisotopic (exact) mass is 228 g/mol. The largest absolute Gasteiger partial charge is 0.790 e. The molecule has 0 aromatic heterocycles. The van der Waals surface area contributed by atoms with Crippen molar-refractivity contribution >= 4 is 7.82 Å². The Morgan fingerprint density at radius 1 is 1.36 bits per heavy atom. The zero-order chi connectivity index (χ0) is 10.9. The molecular formula is C5H9O8P-2. The third-order valence-electron chi connectivity index (χ3n) is 1.73. The summed E-state index contributed by atoms with van der Waals surface area (Å²) in [7, 11) is -5.29. The Hall–Kier alpha value is -0.0500. The molecule has 1 rings (SSSR count). The summed E-state index contributed by atoms with van der Waals surface area (Å²) < 4.78 is 18.5. The number of rotatable bonds is 3. The molecule has 4 atom stereocenters. The number of phosphoric ester groups is 1. The lowest BCUT2D eigenvalue weighted by Crippen LogP contribution is -2.35. The van der Waals surface area contributed by atoms with Crippen LogP contribution in [0.1, 0.15) is 0 Å². The minimum Gasteiger partial charge on any atom is -0.790 e. The lowest BCUT2D eigenvalue weighted by molar-refractivity contribution is -0.354. The summed E-state index contributed by atoms with van der Waals surface area (Å²) in [6.45, 7) is -0.625. The molecule has 1 heterocycles. The van der Waals surface area contributed by atoms with Gasteiger partial charge in [-0.25, -0.2) is 0 Å². The SMILES string of the molecule is O=P([O-])([O-])OC1OC(CO)C(O)C1O. The lowest BCUT2D eigenvalue weighted by Gasteiger charge is -2.32. The fourth-order valence-electron chi connectivity index (χ4n) is 1.08. The molecule has 3 N–H and O–H groups in total. The number of phosphoric acid groups is 1. The van der Waals surface area contributed by atoms with E-state index >= 15 is 0 Å². The Kier molecular flexibility index (Phi) is 3.62. The summed E-state index contributed by atoms with van der Waals surface area (Å²) in [5.74, 6) is 0. The van der Waals surface area contributed by atoms with Gasteiger partial charge in [-0.2, -0.15) is 0 Å². The molecule has 0 aromatic carbocycles. The molecule has 1 aliphatic heterocycles. The molecule has 4 unspecified atom stereocenters. The standard InChI is InChI=1S/C5H11O8P/c6-1-2-3(7)4(8)5(12-2)13-14(9,10)11/h2-8H,1H2,(H2,9,10,11)/p-2. The van der Waals surface area contributed by atoms with Crippen LogP contribution < -0.4 is 9.79 Å². The van der Waals surface area contributed by atoms with E-state index in [2.05, 4.69) is 9.26 Å². The van der Waals surface area contributed by atoms with Crippen LogP contribution in [0.5, 0.6) is 0 Å². The molecule has 1 fully saturated rings. The highest BCUT2D eigenvalue weighted by atomic mass is 31.2. The van der Waals surface area contributed by atoms with Crippen LogP contribution in [0.2, 0.25) is 0 Å². The summed E-state index contributed by atoms with van der Waals surface area (Å²) in [6.07, 6.45) is -6.09. The van der Waals surface area contributed by atoms with E-state index in [-0.39, 0.29) is 0 Å². The lowest BCUT2D eigenvalue weighted by atomic mass is 10.1. The number of aliphatic hydroxyl groups excluding tert-OH is 3. The minimum atomic E-state index is -5.29. The van der Waals surface area contributed by atoms with Gasteiger partial charge < -0.3 is 38.9 Å². The molecule has 0 spiro atoms. The first-order valence-electron chi connectivity index (χ1n) is 3.68. The second-order valence-electron chi connectivity index (χ2n) is 2.76. The first-order chi connectivity index (χ1) is 6.35. The highest BCUT2D eigenvalue weighted by Crippen LogP contribution is 2.33. The second kappa shape index (κ2) is 4.21. The average Bonchev–Trinajstić information content (AvgIpc) is 2.30. The zero-order valence-corrected chi connectivity index (χ0v) is 7.74. The van der Waals surface area contributed by atoms with E-state index in [1.165, 1.54) is 0 Å². The maximum absolute atomic E-state index is 10.1. The molecule has 0 radical (unpaired) electrons. The first kappa shape index (κ1) is 12.0. The van der Waals surface area contributed by atoms with Gasteiger partial charge >= 0.3 is 0 Å². The summed E-state index contributed by atoms with van der Waals surface area (Å²) in [5.41, 5.74) is 0. The highest BCUT2D eigenvalue weighted by molar-refractivity contribution is 7.43. The fourth-order valence-corrected chi connectivity index (χ4v) is 1.51. The van der Waals surface area contributed by atoms with Crippen molar-refractivity contribution in [1.29, 1.82) is 0 Å². The Balaban J connectivity index is 2.61. The van der Waals surface area contributed by atoms with E-state index in [9.17, 15) is 14.4 Å². The van der Waals surface area contributed by atoms with Crippen LogP contribution in [0.15, 0.2) is 0 Å². The summed E-state index contributed by atoms with van der Waals surface area (Å²) >= 11 is 0. The molecular weight excluding hydrogens is 219 g/mol. The third-order valence-corrected chi connectivity index (χ3v) is 2.20. The fraction of sp³-hybridized carbons (Fsp3) is 1.00. The average molecular weight is 228 g/mol. The molecule has 0 aliphatic carbocycles. The molecule has 0 bridgehead atoms. The van der Waals surface area contributed by atoms with Crippen molar-refractivity contribution in [2.75, 3.05) is 6.61 Å². The quantitative estimate of drug-likeness (QED) is 0.418. The van der Waals surface area contributed by atoms with Gasteiger partial charge in [0.2, 0.25) is 0 Å². The minimum absolute atomic E-state index is 0.625. The van der Waals surface area contributed by atoms with Gasteiger partial charge in [-0.1, -0.05) is 0 Å². The smallest absolute Gasteiger partial charge is 0.191 e. The van der Waals surface area contributed by atoms with Gasteiger partial charge in [0.25, 0.3) is 0 Å². The molecule has 0 amide bonds. The maximum atomic E-state index is 10.1. The van der Waals surface area contributed by atoms with E-state index in [1.54, 1.807) is 0 Å².